The first-order valence-corrected chi connectivity index (χ1v) is 13.0. The van der Waals surface area contributed by atoms with E-state index < -0.39 is 28.5 Å². The van der Waals surface area contributed by atoms with Crippen LogP contribution in [0.3, 0.4) is 0 Å². The van der Waals surface area contributed by atoms with Gasteiger partial charge in [0.1, 0.15) is 12.6 Å². The van der Waals surface area contributed by atoms with Crippen LogP contribution < -0.4 is 9.62 Å². The molecule has 0 radical (unpaired) electrons. The molecule has 7 nitrogen and oxygen atoms in total. The summed E-state index contributed by atoms with van der Waals surface area (Å²) < 4.78 is 26.3. The number of nitrogens with zero attached hydrogens (tertiary/aromatic N) is 2. The molecule has 1 atom stereocenters. The van der Waals surface area contributed by atoms with Crippen molar-refractivity contribution in [2.24, 2.45) is 0 Å². The molecule has 8 heteroatoms. The lowest BCUT2D eigenvalue weighted by Gasteiger charge is -2.32. The molecule has 2 rings (SSSR count). The van der Waals surface area contributed by atoms with Crippen molar-refractivity contribution < 1.29 is 18.0 Å². The molecule has 0 saturated heterocycles. The molecule has 1 N–H and O–H groups in total. The van der Waals surface area contributed by atoms with Gasteiger partial charge in [-0.3, -0.25) is 13.9 Å². The highest BCUT2D eigenvalue weighted by atomic mass is 32.2. The summed E-state index contributed by atoms with van der Waals surface area (Å²) in [5.74, 6) is -0.711. The van der Waals surface area contributed by atoms with Crippen LogP contribution >= 0.6 is 0 Å². The molecule has 0 aliphatic carbocycles. The number of nitrogens with one attached hydrogen (secondary N) is 1. The number of carbonyl (C=O) groups excluding carboxylic acids is 2. The van der Waals surface area contributed by atoms with Gasteiger partial charge < -0.3 is 10.2 Å². The first kappa shape index (κ1) is 26.4. The largest absolute Gasteiger partial charge is 0.354 e. The second kappa shape index (κ2) is 11.3. The summed E-state index contributed by atoms with van der Waals surface area (Å²) in [5, 5.41) is 2.83. The van der Waals surface area contributed by atoms with E-state index in [-0.39, 0.29) is 12.5 Å². The monoisotopic (exact) mass is 473 g/mol. The molecule has 0 aliphatic heterocycles. The van der Waals surface area contributed by atoms with Crippen molar-refractivity contribution in [2.75, 3.05) is 23.7 Å². The maximum absolute atomic E-state index is 13.5. The van der Waals surface area contributed by atoms with Crippen molar-refractivity contribution in [1.82, 2.24) is 10.2 Å². The van der Waals surface area contributed by atoms with Crippen molar-refractivity contribution in [2.45, 2.75) is 53.6 Å². The number of hydrogen-bond acceptors (Lipinski definition) is 4. The van der Waals surface area contributed by atoms with Gasteiger partial charge in [0.15, 0.2) is 0 Å². The van der Waals surface area contributed by atoms with Crippen LogP contribution in [0.5, 0.6) is 0 Å². The van der Waals surface area contributed by atoms with Crippen LogP contribution in [0.4, 0.5) is 5.69 Å². The standard InChI is InChI=1S/C25H35N3O4S/c1-7-14-26-25(30)21(5)27(16-22-11-9-8-10-19(22)3)24(29)17-28(33(6,31)32)23-13-12-18(2)20(4)15-23/h8-13,15,21H,7,14,16-17H2,1-6H3,(H,26,30). The van der Waals surface area contributed by atoms with Crippen LogP contribution in [0.2, 0.25) is 0 Å². The normalized spacial score (nSPS) is 12.2. The first-order chi connectivity index (χ1) is 15.5. The summed E-state index contributed by atoms with van der Waals surface area (Å²) in [5.41, 5.74) is 4.27. The van der Waals surface area contributed by atoms with Crippen molar-refractivity contribution in [1.29, 1.82) is 0 Å². The Morgan fingerprint density at radius 1 is 1.00 bits per heavy atom. The minimum Gasteiger partial charge on any atom is -0.354 e. The van der Waals surface area contributed by atoms with Gasteiger partial charge in [-0.05, 0) is 68.5 Å². The average molecular weight is 474 g/mol. The molecule has 2 aromatic carbocycles. The van der Waals surface area contributed by atoms with Gasteiger partial charge >= 0.3 is 0 Å². The van der Waals surface area contributed by atoms with E-state index >= 15 is 0 Å². The maximum Gasteiger partial charge on any atom is 0.244 e. The molecule has 0 spiro atoms. The Balaban J connectivity index is 2.40. The lowest BCUT2D eigenvalue weighted by molar-refractivity contribution is -0.139. The number of amides is 2. The molecule has 0 fully saturated rings. The minimum atomic E-state index is -3.73. The minimum absolute atomic E-state index is 0.205. The van der Waals surface area contributed by atoms with E-state index in [1.165, 1.54) is 4.90 Å². The molecular formula is C25H35N3O4S. The summed E-state index contributed by atoms with van der Waals surface area (Å²) in [6.07, 6.45) is 1.86. The molecule has 0 aromatic heterocycles. The van der Waals surface area contributed by atoms with Gasteiger partial charge in [-0.15, -0.1) is 0 Å². The Hall–Kier alpha value is -2.87. The van der Waals surface area contributed by atoms with Gasteiger partial charge in [0.05, 0.1) is 11.9 Å². The highest BCUT2D eigenvalue weighted by Crippen LogP contribution is 2.22. The van der Waals surface area contributed by atoms with Crippen molar-refractivity contribution in [3.63, 3.8) is 0 Å². The quantitative estimate of drug-likeness (QED) is 0.574. The van der Waals surface area contributed by atoms with E-state index in [1.54, 1.807) is 19.1 Å². The molecule has 2 aromatic rings. The topological polar surface area (TPSA) is 86.8 Å². The second-order valence-corrected chi connectivity index (χ2v) is 10.4. The highest BCUT2D eigenvalue weighted by molar-refractivity contribution is 7.92. The lowest BCUT2D eigenvalue weighted by atomic mass is 10.1. The van der Waals surface area contributed by atoms with Gasteiger partial charge in [0.25, 0.3) is 0 Å². The third-order valence-electron chi connectivity index (χ3n) is 5.78. The summed E-state index contributed by atoms with van der Waals surface area (Å²) in [6, 6.07) is 12.2. The van der Waals surface area contributed by atoms with Crippen LogP contribution in [-0.4, -0.2) is 50.5 Å². The molecule has 0 saturated carbocycles. The Morgan fingerprint density at radius 3 is 2.24 bits per heavy atom. The number of carbonyl (C=O) groups is 2. The number of rotatable bonds is 10. The highest BCUT2D eigenvalue weighted by Gasteiger charge is 2.30. The Labute approximate surface area is 197 Å². The predicted molar refractivity (Wildman–Crippen MR) is 133 cm³/mol. The molecule has 2 amide bonds. The smallest absolute Gasteiger partial charge is 0.244 e. The number of sulfonamides is 1. The third-order valence-corrected chi connectivity index (χ3v) is 6.92. The Kier molecular flexibility index (Phi) is 9.05. The zero-order chi connectivity index (χ0) is 24.8. The van der Waals surface area contributed by atoms with Crippen LogP contribution in [-0.2, 0) is 26.2 Å². The lowest BCUT2D eigenvalue weighted by Crippen LogP contribution is -2.51. The van der Waals surface area contributed by atoms with Crippen molar-refractivity contribution in [3.05, 3.63) is 64.7 Å². The van der Waals surface area contributed by atoms with Crippen LogP contribution in [0.15, 0.2) is 42.5 Å². The Morgan fingerprint density at radius 2 is 1.67 bits per heavy atom. The fourth-order valence-corrected chi connectivity index (χ4v) is 4.29. The first-order valence-electron chi connectivity index (χ1n) is 11.1. The molecule has 180 valence electrons. The number of hydrogen-bond donors (Lipinski definition) is 1. The van der Waals surface area contributed by atoms with Crippen LogP contribution in [0.1, 0.15) is 42.5 Å². The number of benzene rings is 2. The van der Waals surface area contributed by atoms with E-state index in [0.29, 0.717) is 12.2 Å². The van der Waals surface area contributed by atoms with Gasteiger partial charge in [0.2, 0.25) is 21.8 Å². The Bertz CT molecular complexity index is 1100. The fourth-order valence-electron chi connectivity index (χ4n) is 3.44. The molecule has 0 heterocycles. The van der Waals surface area contributed by atoms with E-state index in [0.717, 1.165) is 39.2 Å². The third kappa shape index (κ3) is 7.05. The molecule has 1 unspecified atom stereocenters. The van der Waals surface area contributed by atoms with Crippen LogP contribution in [0, 0.1) is 20.8 Å². The zero-order valence-corrected chi connectivity index (χ0v) is 21.2. The van der Waals surface area contributed by atoms with Crippen molar-refractivity contribution in [3.8, 4) is 0 Å². The fraction of sp³-hybridized carbons (Fsp3) is 0.440. The maximum atomic E-state index is 13.5. The average Bonchev–Trinajstić information content (AvgIpc) is 2.75. The second-order valence-electron chi connectivity index (χ2n) is 8.45. The van der Waals surface area contributed by atoms with E-state index in [9.17, 15) is 18.0 Å². The number of aryl methyl sites for hydroxylation is 3. The summed E-state index contributed by atoms with van der Waals surface area (Å²) >= 11 is 0. The van der Waals surface area contributed by atoms with Gasteiger partial charge in [0, 0.05) is 13.1 Å². The zero-order valence-electron chi connectivity index (χ0n) is 20.4. The number of anilines is 1. The molecular weight excluding hydrogens is 438 g/mol. The predicted octanol–water partition coefficient (Wildman–Crippen LogP) is 3.32. The van der Waals surface area contributed by atoms with E-state index in [2.05, 4.69) is 5.32 Å². The molecule has 33 heavy (non-hydrogen) atoms. The van der Waals surface area contributed by atoms with Gasteiger partial charge in [-0.2, -0.15) is 0 Å². The summed E-state index contributed by atoms with van der Waals surface area (Å²) in [6.45, 7) is 9.72. The van der Waals surface area contributed by atoms with Gasteiger partial charge in [-0.1, -0.05) is 37.3 Å². The van der Waals surface area contributed by atoms with Crippen LogP contribution in [0.25, 0.3) is 0 Å². The summed E-state index contributed by atoms with van der Waals surface area (Å²) in [7, 11) is -3.73. The molecule has 0 bridgehead atoms. The summed E-state index contributed by atoms with van der Waals surface area (Å²) in [4.78, 5) is 27.7. The van der Waals surface area contributed by atoms with E-state index in [4.69, 9.17) is 0 Å². The van der Waals surface area contributed by atoms with Crippen molar-refractivity contribution >= 4 is 27.5 Å². The van der Waals surface area contributed by atoms with Gasteiger partial charge in [-0.25, -0.2) is 8.42 Å². The molecule has 0 aliphatic rings. The SMILES string of the molecule is CCCNC(=O)C(C)N(Cc1ccccc1C)C(=O)CN(c1ccc(C)c(C)c1)S(C)(=O)=O. The van der Waals surface area contributed by atoms with E-state index in [1.807, 2.05) is 58.0 Å².